The molecule has 0 amide bonds. The number of nitrogens with two attached hydrogens (primary N) is 1. The number of carbonyl (C=O) groups is 1. The molecule has 1 aromatic rings. The fourth-order valence-electron chi connectivity index (χ4n) is 1.81. The smallest absolute Gasteiger partial charge is 0.312 e. The molecule has 0 spiro atoms. The van der Waals surface area contributed by atoms with Crippen LogP contribution in [-0.2, 0) is 4.79 Å². The molecule has 5 nitrogen and oxygen atoms in total. The number of methoxy groups -OCH3 is 2. The molecule has 1 unspecified atom stereocenters. The highest BCUT2D eigenvalue weighted by Gasteiger charge is 2.26. The van der Waals surface area contributed by atoms with E-state index in [1.165, 1.54) is 14.2 Å². The molecule has 3 N–H and O–H groups in total. The molecule has 0 radical (unpaired) electrons. The quantitative estimate of drug-likeness (QED) is 0.805. The Morgan fingerprint density at radius 2 is 2.06 bits per heavy atom. The monoisotopic (exact) mass is 239 g/mol. The van der Waals surface area contributed by atoms with E-state index in [4.69, 9.17) is 20.3 Å². The van der Waals surface area contributed by atoms with E-state index >= 15 is 0 Å². The summed E-state index contributed by atoms with van der Waals surface area (Å²) in [6, 6.07) is 3.54. The molecule has 0 aromatic heterocycles. The van der Waals surface area contributed by atoms with Gasteiger partial charge in [0.05, 0.1) is 19.8 Å². The van der Waals surface area contributed by atoms with Crippen LogP contribution in [0.5, 0.6) is 11.5 Å². The van der Waals surface area contributed by atoms with Crippen LogP contribution in [0, 0.1) is 6.92 Å². The molecule has 0 heterocycles. The van der Waals surface area contributed by atoms with Crippen molar-refractivity contribution in [1.82, 2.24) is 0 Å². The van der Waals surface area contributed by atoms with Gasteiger partial charge in [-0.15, -0.1) is 0 Å². The van der Waals surface area contributed by atoms with E-state index < -0.39 is 11.9 Å². The Morgan fingerprint density at radius 1 is 1.41 bits per heavy atom. The molecule has 0 aliphatic rings. The molecule has 17 heavy (non-hydrogen) atoms. The minimum Gasteiger partial charge on any atom is -0.496 e. The van der Waals surface area contributed by atoms with E-state index in [1.807, 2.05) is 13.0 Å². The summed E-state index contributed by atoms with van der Waals surface area (Å²) in [5, 5.41) is 9.17. The highest BCUT2D eigenvalue weighted by Crippen LogP contribution is 2.37. The minimum atomic E-state index is -0.991. The van der Waals surface area contributed by atoms with Crippen LogP contribution in [0.15, 0.2) is 12.1 Å². The molecule has 0 aliphatic heterocycles. The molecule has 0 aliphatic carbocycles. The zero-order chi connectivity index (χ0) is 13.0. The van der Waals surface area contributed by atoms with Gasteiger partial charge in [0.25, 0.3) is 0 Å². The molecule has 94 valence electrons. The van der Waals surface area contributed by atoms with Crippen molar-refractivity contribution < 1.29 is 19.4 Å². The molecular formula is C12H17NO4. The van der Waals surface area contributed by atoms with Gasteiger partial charge in [0.15, 0.2) is 0 Å². The topological polar surface area (TPSA) is 81.8 Å². The summed E-state index contributed by atoms with van der Waals surface area (Å²) in [4.78, 5) is 11.2. The Hall–Kier alpha value is -1.75. The summed E-state index contributed by atoms with van der Waals surface area (Å²) >= 11 is 0. The number of carboxylic acids is 1. The molecule has 0 bridgehead atoms. The number of rotatable bonds is 5. The van der Waals surface area contributed by atoms with Gasteiger partial charge in [0, 0.05) is 6.54 Å². The second kappa shape index (κ2) is 5.54. The largest absolute Gasteiger partial charge is 0.496 e. The number of aliphatic carboxylic acids is 1. The number of ether oxygens (including phenoxy) is 2. The van der Waals surface area contributed by atoms with Crippen LogP contribution < -0.4 is 15.2 Å². The lowest BCUT2D eigenvalue weighted by atomic mass is 9.95. The third-order valence-electron chi connectivity index (χ3n) is 2.66. The van der Waals surface area contributed by atoms with Crippen molar-refractivity contribution in [3.05, 3.63) is 23.3 Å². The van der Waals surface area contributed by atoms with Crippen molar-refractivity contribution in [2.24, 2.45) is 5.73 Å². The summed E-state index contributed by atoms with van der Waals surface area (Å²) in [5.74, 6) is -0.831. The lowest BCUT2D eigenvalue weighted by Gasteiger charge is -2.19. The second-order valence-corrected chi connectivity index (χ2v) is 3.66. The first-order valence-corrected chi connectivity index (χ1v) is 5.21. The van der Waals surface area contributed by atoms with Gasteiger partial charge in [-0.1, -0.05) is 6.07 Å². The van der Waals surface area contributed by atoms with Gasteiger partial charge in [-0.05, 0) is 18.6 Å². The van der Waals surface area contributed by atoms with Crippen molar-refractivity contribution >= 4 is 5.97 Å². The van der Waals surface area contributed by atoms with E-state index in [2.05, 4.69) is 0 Å². The van der Waals surface area contributed by atoms with Crippen molar-refractivity contribution in [3.8, 4) is 11.5 Å². The maximum atomic E-state index is 11.2. The van der Waals surface area contributed by atoms with E-state index in [0.29, 0.717) is 17.1 Å². The Kier molecular flexibility index (Phi) is 4.34. The van der Waals surface area contributed by atoms with Gasteiger partial charge in [0.1, 0.15) is 17.4 Å². The van der Waals surface area contributed by atoms with Crippen molar-refractivity contribution in [3.63, 3.8) is 0 Å². The highest BCUT2D eigenvalue weighted by atomic mass is 16.5. The molecule has 5 heteroatoms. The summed E-state index contributed by atoms with van der Waals surface area (Å²) in [6.45, 7) is 1.84. The summed E-state index contributed by atoms with van der Waals surface area (Å²) < 4.78 is 10.4. The third-order valence-corrected chi connectivity index (χ3v) is 2.66. The van der Waals surface area contributed by atoms with Crippen LogP contribution in [0.1, 0.15) is 17.0 Å². The van der Waals surface area contributed by atoms with E-state index in [1.54, 1.807) is 6.07 Å². The Balaban J connectivity index is 3.45. The Morgan fingerprint density at radius 3 is 2.47 bits per heavy atom. The number of hydrogen-bond donors (Lipinski definition) is 2. The van der Waals surface area contributed by atoms with Gasteiger partial charge in [0.2, 0.25) is 0 Å². The first-order chi connectivity index (χ1) is 8.06. The fraction of sp³-hybridized carbons (Fsp3) is 0.417. The molecular weight excluding hydrogens is 222 g/mol. The normalized spacial score (nSPS) is 12.0. The van der Waals surface area contributed by atoms with E-state index in [0.717, 1.165) is 5.56 Å². The summed E-state index contributed by atoms with van der Waals surface area (Å²) in [5.41, 5.74) is 6.85. The Labute approximate surface area is 100 Å². The van der Waals surface area contributed by atoms with Crippen LogP contribution >= 0.6 is 0 Å². The SMILES string of the molecule is COc1ccc(C)c(OC)c1C(CN)C(=O)O. The first kappa shape index (κ1) is 13.3. The van der Waals surface area contributed by atoms with E-state index in [9.17, 15) is 4.79 Å². The standard InChI is InChI=1S/C12H17NO4/c1-7-4-5-9(16-2)10(11(7)17-3)8(6-13)12(14)15/h4-5,8H,6,13H2,1-3H3,(H,14,15). The van der Waals surface area contributed by atoms with Crippen molar-refractivity contribution in [2.45, 2.75) is 12.8 Å². The second-order valence-electron chi connectivity index (χ2n) is 3.66. The molecule has 0 saturated heterocycles. The number of hydrogen-bond acceptors (Lipinski definition) is 4. The predicted octanol–water partition coefficient (Wildman–Crippen LogP) is 1.14. The Bertz CT molecular complexity index is 417. The van der Waals surface area contributed by atoms with Gasteiger partial charge in [-0.3, -0.25) is 4.79 Å². The maximum Gasteiger partial charge on any atom is 0.312 e. The van der Waals surface area contributed by atoms with Crippen molar-refractivity contribution in [2.75, 3.05) is 20.8 Å². The van der Waals surface area contributed by atoms with E-state index in [-0.39, 0.29) is 6.54 Å². The lowest BCUT2D eigenvalue weighted by Crippen LogP contribution is -2.22. The number of aryl methyl sites for hydroxylation is 1. The lowest BCUT2D eigenvalue weighted by molar-refractivity contribution is -0.138. The third kappa shape index (κ3) is 2.50. The fourth-order valence-corrected chi connectivity index (χ4v) is 1.81. The summed E-state index contributed by atoms with van der Waals surface area (Å²) in [6.07, 6.45) is 0. The van der Waals surface area contributed by atoms with Crippen LogP contribution in [0.3, 0.4) is 0 Å². The molecule has 1 atom stereocenters. The molecule has 1 aromatic carbocycles. The van der Waals surface area contributed by atoms with Crippen molar-refractivity contribution in [1.29, 1.82) is 0 Å². The van der Waals surface area contributed by atoms with Crippen LogP contribution in [0.25, 0.3) is 0 Å². The zero-order valence-corrected chi connectivity index (χ0v) is 10.2. The van der Waals surface area contributed by atoms with Gasteiger partial charge < -0.3 is 20.3 Å². The first-order valence-electron chi connectivity index (χ1n) is 5.21. The maximum absolute atomic E-state index is 11.2. The van der Waals surface area contributed by atoms with Crippen LogP contribution in [0.4, 0.5) is 0 Å². The molecule has 0 saturated carbocycles. The predicted molar refractivity (Wildman–Crippen MR) is 63.7 cm³/mol. The van der Waals surface area contributed by atoms with Gasteiger partial charge in [-0.2, -0.15) is 0 Å². The average molecular weight is 239 g/mol. The minimum absolute atomic E-state index is 0.00843. The number of benzene rings is 1. The molecule has 0 fully saturated rings. The molecule has 1 rings (SSSR count). The van der Waals surface area contributed by atoms with Crippen LogP contribution in [-0.4, -0.2) is 31.8 Å². The highest BCUT2D eigenvalue weighted by molar-refractivity contribution is 5.79. The van der Waals surface area contributed by atoms with Gasteiger partial charge >= 0.3 is 5.97 Å². The summed E-state index contributed by atoms with van der Waals surface area (Å²) in [7, 11) is 2.99. The average Bonchev–Trinajstić information content (AvgIpc) is 2.30. The van der Waals surface area contributed by atoms with Gasteiger partial charge in [-0.25, -0.2) is 0 Å². The van der Waals surface area contributed by atoms with Crippen LogP contribution in [0.2, 0.25) is 0 Å². The zero-order valence-electron chi connectivity index (χ0n) is 10.2. The number of carboxylic acid groups (broad SMARTS) is 1.